The molecule has 0 radical (unpaired) electrons. The molecule has 3 rings (SSSR count). The molecule has 6 nitrogen and oxygen atoms in total. The Balaban J connectivity index is 1.49. The van der Waals surface area contributed by atoms with E-state index in [-0.39, 0.29) is 29.1 Å². The van der Waals surface area contributed by atoms with Crippen molar-refractivity contribution in [3.05, 3.63) is 77.4 Å². The van der Waals surface area contributed by atoms with E-state index in [2.05, 4.69) is 10.0 Å². The lowest BCUT2D eigenvalue weighted by atomic mass is 10.2. The second-order valence-corrected chi connectivity index (χ2v) is 8.53. The van der Waals surface area contributed by atoms with Gasteiger partial charge < -0.3 is 10.1 Å². The van der Waals surface area contributed by atoms with Crippen LogP contribution in [0.15, 0.2) is 70.3 Å². The lowest BCUT2D eigenvalue weighted by Gasteiger charge is -2.09. The summed E-state index contributed by atoms with van der Waals surface area (Å²) < 4.78 is 45.2. The van der Waals surface area contributed by atoms with Gasteiger partial charge in [0, 0.05) is 11.3 Å². The molecule has 0 aliphatic heterocycles. The van der Waals surface area contributed by atoms with E-state index in [9.17, 15) is 17.6 Å². The predicted molar refractivity (Wildman–Crippen MR) is 106 cm³/mol. The average Bonchev–Trinajstić information content (AvgIpc) is 3.23. The second kappa shape index (κ2) is 8.85. The number of halogens is 1. The third kappa shape index (κ3) is 5.30. The Hall–Kier alpha value is -2.91. The summed E-state index contributed by atoms with van der Waals surface area (Å²) in [6.45, 7) is 0.499. The van der Waals surface area contributed by atoms with Gasteiger partial charge >= 0.3 is 0 Å². The van der Waals surface area contributed by atoms with Gasteiger partial charge in [-0.15, -0.1) is 11.3 Å². The van der Waals surface area contributed by atoms with Crippen molar-refractivity contribution < 1.29 is 22.3 Å². The summed E-state index contributed by atoms with van der Waals surface area (Å²) >= 11 is 1.12. The van der Waals surface area contributed by atoms with Gasteiger partial charge in [0.05, 0.1) is 6.54 Å². The Morgan fingerprint density at radius 2 is 1.75 bits per heavy atom. The minimum atomic E-state index is -3.62. The number of carbonyl (C=O) groups excluding carboxylic acids is 1. The zero-order valence-electron chi connectivity index (χ0n) is 14.6. The van der Waals surface area contributed by atoms with E-state index in [0.29, 0.717) is 17.0 Å². The zero-order chi connectivity index (χ0) is 20.0. The first kappa shape index (κ1) is 19.8. The molecule has 9 heteroatoms. The van der Waals surface area contributed by atoms with Crippen molar-refractivity contribution in [3.8, 4) is 5.75 Å². The Bertz CT molecular complexity index is 1020. The Kier molecular flexibility index (Phi) is 6.27. The van der Waals surface area contributed by atoms with Gasteiger partial charge in [-0.2, -0.15) is 0 Å². The lowest BCUT2D eigenvalue weighted by Crippen LogP contribution is -2.28. The summed E-state index contributed by atoms with van der Waals surface area (Å²) in [6.07, 6.45) is 0. The number of hydrogen-bond acceptors (Lipinski definition) is 5. The van der Waals surface area contributed by atoms with Crippen molar-refractivity contribution in [2.24, 2.45) is 0 Å². The molecule has 0 aliphatic carbocycles. The average molecular weight is 420 g/mol. The number of anilines is 1. The van der Waals surface area contributed by atoms with Gasteiger partial charge in [-0.3, -0.25) is 9.52 Å². The third-order valence-corrected chi connectivity index (χ3v) is 6.41. The number of hydrogen-bond donors (Lipinski definition) is 2. The Morgan fingerprint density at radius 3 is 2.39 bits per heavy atom. The highest BCUT2D eigenvalue weighted by Crippen LogP contribution is 2.20. The molecule has 0 unspecified atom stereocenters. The first-order valence-electron chi connectivity index (χ1n) is 8.27. The zero-order valence-corrected chi connectivity index (χ0v) is 16.2. The van der Waals surface area contributed by atoms with Crippen LogP contribution in [0, 0.1) is 5.82 Å². The topological polar surface area (TPSA) is 84.5 Å². The number of carbonyl (C=O) groups is 1. The number of thiophene rings is 1. The van der Waals surface area contributed by atoms with Crippen LogP contribution in [0.4, 0.5) is 10.1 Å². The van der Waals surface area contributed by atoms with Crippen LogP contribution >= 0.6 is 11.3 Å². The molecule has 0 atom stereocenters. The van der Waals surface area contributed by atoms with Gasteiger partial charge in [0.15, 0.2) is 0 Å². The lowest BCUT2D eigenvalue weighted by molar-refractivity contribution is 0.0947. The molecular formula is C19H17FN2O4S2. The van der Waals surface area contributed by atoms with E-state index >= 15 is 0 Å². The number of amides is 1. The molecule has 0 fully saturated rings. The fourth-order valence-corrected chi connectivity index (χ4v) is 4.33. The largest absolute Gasteiger partial charge is 0.492 e. The van der Waals surface area contributed by atoms with E-state index in [1.165, 1.54) is 54.6 Å². The molecule has 1 aromatic heterocycles. The fraction of sp³-hybridized carbons (Fsp3) is 0.105. The van der Waals surface area contributed by atoms with E-state index in [1.54, 1.807) is 11.4 Å². The van der Waals surface area contributed by atoms with Crippen molar-refractivity contribution in [2.45, 2.75) is 4.21 Å². The quantitative estimate of drug-likeness (QED) is 0.547. The molecule has 0 saturated heterocycles. The summed E-state index contributed by atoms with van der Waals surface area (Å²) in [6, 6.07) is 14.9. The highest BCUT2D eigenvalue weighted by molar-refractivity contribution is 7.94. The van der Waals surface area contributed by atoms with Crippen LogP contribution in [0.25, 0.3) is 0 Å². The molecule has 0 spiro atoms. The number of rotatable bonds is 8. The maximum Gasteiger partial charge on any atom is 0.271 e. The summed E-state index contributed by atoms with van der Waals surface area (Å²) in [5, 5.41) is 4.38. The van der Waals surface area contributed by atoms with Crippen molar-refractivity contribution in [1.29, 1.82) is 0 Å². The summed E-state index contributed by atoms with van der Waals surface area (Å²) in [5.74, 6) is -0.143. The van der Waals surface area contributed by atoms with Gasteiger partial charge in [-0.05, 0) is 60.0 Å². The molecule has 0 bridgehead atoms. The number of sulfonamides is 1. The Morgan fingerprint density at radius 1 is 1.04 bits per heavy atom. The predicted octanol–water partition coefficient (Wildman–Crippen LogP) is 3.50. The van der Waals surface area contributed by atoms with Crippen LogP contribution in [0.2, 0.25) is 0 Å². The van der Waals surface area contributed by atoms with Crippen LogP contribution in [0.1, 0.15) is 10.4 Å². The van der Waals surface area contributed by atoms with E-state index in [4.69, 9.17) is 4.74 Å². The molecule has 28 heavy (non-hydrogen) atoms. The third-order valence-electron chi connectivity index (χ3n) is 3.63. The van der Waals surface area contributed by atoms with Crippen LogP contribution in [-0.2, 0) is 10.0 Å². The minimum absolute atomic E-state index is 0.218. The number of benzene rings is 2. The van der Waals surface area contributed by atoms with Gasteiger partial charge in [0.1, 0.15) is 22.4 Å². The van der Waals surface area contributed by atoms with Crippen LogP contribution in [0.3, 0.4) is 0 Å². The first-order valence-corrected chi connectivity index (χ1v) is 10.6. The molecule has 146 valence electrons. The van der Waals surface area contributed by atoms with Gasteiger partial charge in [-0.1, -0.05) is 6.07 Å². The molecule has 2 aromatic carbocycles. The first-order chi connectivity index (χ1) is 13.4. The smallest absolute Gasteiger partial charge is 0.271 e. The maximum atomic E-state index is 12.8. The maximum absolute atomic E-state index is 12.8. The highest BCUT2D eigenvalue weighted by atomic mass is 32.2. The minimum Gasteiger partial charge on any atom is -0.492 e. The van der Waals surface area contributed by atoms with Crippen molar-refractivity contribution in [3.63, 3.8) is 0 Å². The van der Waals surface area contributed by atoms with E-state index in [0.717, 1.165) is 11.3 Å². The highest BCUT2D eigenvalue weighted by Gasteiger charge is 2.15. The van der Waals surface area contributed by atoms with Crippen molar-refractivity contribution in [1.82, 2.24) is 5.32 Å². The van der Waals surface area contributed by atoms with Crippen LogP contribution < -0.4 is 14.8 Å². The number of ether oxygens (including phenoxy) is 1. The van der Waals surface area contributed by atoms with Crippen LogP contribution in [-0.4, -0.2) is 27.5 Å². The summed E-state index contributed by atoms with van der Waals surface area (Å²) in [4.78, 5) is 12.1. The Labute approximate surface area is 166 Å². The summed E-state index contributed by atoms with van der Waals surface area (Å²) in [5.41, 5.74) is 0.755. The molecule has 0 saturated carbocycles. The van der Waals surface area contributed by atoms with Crippen molar-refractivity contribution >= 4 is 33.0 Å². The normalized spacial score (nSPS) is 11.0. The molecule has 1 heterocycles. The van der Waals surface area contributed by atoms with Crippen LogP contribution in [0.5, 0.6) is 5.75 Å². The SMILES string of the molecule is O=C(NCCOc1ccc(F)cc1)c1ccc(NS(=O)(=O)c2cccs2)cc1. The van der Waals surface area contributed by atoms with E-state index < -0.39 is 10.0 Å². The molecular weight excluding hydrogens is 403 g/mol. The van der Waals surface area contributed by atoms with Crippen molar-refractivity contribution in [2.75, 3.05) is 17.9 Å². The molecule has 3 aromatic rings. The van der Waals surface area contributed by atoms with Gasteiger partial charge in [0.2, 0.25) is 0 Å². The molecule has 1 amide bonds. The second-order valence-electron chi connectivity index (χ2n) is 5.67. The van der Waals surface area contributed by atoms with Gasteiger partial charge in [0.25, 0.3) is 15.9 Å². The fourth-order valence-electron chi connectivity index (χ4n) is 2.28. The molecule has 0 aliphatic rings. The standard InChI is InChI=1S/C19H17FN2O4S2/c20-15-5-9-17(10-6-15)26-12-11-21-19(23)14-3-7-16(8-4-14)22-28(24,25)18-2-1-13-27-18/h1-10,13,22H,11-12H2,(H,21,23). The summed E-state index contributed by atoms with van der Waals surface area (Å²) in [7, 11) is -3.62. The van der Waals surface area contributed by atoms with E-state index in [1.807, 2.05) is 0 Å². The molecule has 2 N–H and O–H groups in total. The number of nitrogens with one attached hydrogen (secondary N) is 2. The monoisotopic (exact) mass is 420 g/mol. The van der Waals surface area contributed by atoms with Gasteiger partial charge in [-0.25, -0.2) is 12.8 Å².